The zero-order chi connectivity index (χ0) is 52.2. The molecule has 1 saturated carbocycles. The van der Waals surface area contributed by atoms with Crippen LogP contribution in [0.5, 0.6) is 5.75 Å². The molecule has 4 heterocycles. The van der Waals surface area contributed by atoms with E-state index in [1.54, 1.807) is 53.8 Å². The highest BCUT2D eigenvalue weighted by Gasteiger charge is 2.54. The normalized spacial score (nSPS) is 18.2. The molecule has 5 N–H and O–H groups in total. The van der Waals surface area contributed by atoms with Gasteiger partial charge in [0.15, 0.2) is 5.67 Å². The maximum atomic E-state index is 15.2. The van der Waals surface area contributed by atoms with Crippen molar-refractivity contribution < 1.29 is 46.6 Å². The average Bonchev–Trinajstić information content (AvgIpc) is 3.79. The first-order valence-electron chi connectivity index (χ1n) is 23.8. The highest BCUT2D eigenvalue weighted by Crippen LogP contribution is 2.42. The summed E-state index contributed by atoms with van der Waals surface area (Å²) in [6.45, 7) is 8.47. The van der Waals surface area contributed by atoms with Crippen LogP contribution < -0.4 is 26.0 Å². The molecule has 1 aliphatic carbocycles. The van der Waals surface area contributed by atoms with Crippen LogP contribution in [0.15, 0.2) is 78.4 Å². The molecule has 2 saturated heterocycles. The molecule has 16 nitrogen and oxygen atoms in total. The number of rotatable bonds is 18. The lowest BCUT2D eigenvalue weighted by Crippen LogP contribution is -2.61. The second-order valence-corrected chi connectivity index (χ2v) is 21.5. The molecular weight excluding hydrogens is 989 g/mol. The Labute approximate surface area is 428 Å². The summed E-state index contributed by atoms with van der Waals surface area (Å²) in [6, 6.07) is 18.3. The molecule has 2 aliphatic heterocycles. The first kappa shape index (κ1) is 52.9. The molecule has 3 atom stereocenters. The summed E-state index contributed by atoms with van der Waals surface area (Å²) in [4.78, 5) is 73.5. The Hall–Kier alpha value is -6.36. The minimum atomic E-state index is -4.64. The number of benzene rings is 3. The van der Waals surface area contributed by atoms with Crippen molar-refractivity contribution >= 4 is 64.2 Å². The lowest BCUT2D eigenvalue weighted by atomic mass is 10.00. The molecule has 0 radical (unpaired) electrons. The molecule has 388 valence electrons. The van der Waals surface area contributed by atoms with Crippen LogP contribution in [0.1, 0.15) is 71.4 Å². The van der Waals surface area contributed by atoms with Gasteiger partial charge in [-0.1, -0.05) is 48.5 Å². The zero-order valence-corrected chi connectivity index (χ0v) is 42.6. The van der Waals surface area contributed by atoms with Gasteiger partial charge in [0.2, 0.25) is 17.8 Å². The SMILES string of the molecule is CNc1nc(Nc2ccc(C(=O)N3CCN(Cc4ccc(CSC(C)(C)[C@H](NC(=O)C5(F)CC5)C(=O)N5C[C@H](O)C[C@@H]5C(=O)NCc5ccc(-c6scnc6C)cc5)cc4)CC3)cc2OC)ncc1C(F)(F)F. The first-order chi connectivity index (χ1) is 34.7. The fourth-order valence-corrected chi connectivity index (χ4v) is 10.7. The number of aliphatic hydroxyl groups excluding tert-OH is 1. The number of methoxy groups -OCH3 is 1. The number of nitrogens with zero attached hydrogens (tertiary/aromatic N) is 6. The molecule has 2 aromatic heterocycles. The zero-order valence-electron chi connectivity index (χ0n) is 41.0. The van der Waals surface area contributed by atoms with Crippen molar-refractivity contribution in [1.82, 2.24) is 40.3 Å². The maximum absolute atomic E-state index is 15.2. The van der Waals surface area contributed by atoms with E-state index in [1.807, 2.05) is 55.5 Å². The lowest BCUT2D eigenvalue weighted by molar-refractivity contribution is -0.143. The topological polar surface area (TPSA) is 194 Å². The van der Waals surface area contributed by atoms with E-state index in [4.69, 9.17) is 4.74 Å². The number of β-amino-alcohol motifs (C(OH)–C–C–N with tert-alkyl or cyclic N) is 1. The van der Waals surface area contributed by atoms with Gasteiger partial charge in [-0.05, 0) is 74.1 Å². The van der Waals surface area contributed by atoms with Gasteiger partial charge >= 0.3 is 6.18 Å². The monoisotopic (exact) mass is 1050 g/mol. The van der Waals surface area contributed by atoms with Gasteiger partial charge in [-0.15, -0.1) is 23.1 Å². The van der Waals surface area contributed by atoms with Crippen LogP contribution in [-0.2, 0) is 39.4 Å². The van der Waals surface area contributed by atoms with E-state index in [2.05, 4.69) is 41.1 Å². The lowest BCUT2D eigenvalue weighted by Gasteiger charge is -2.37. The Morgan fingerprint density at radius 1 is 0.959 bits per heavy atom. The average molecular weight is 1050 g/mol. The van der Waals surface area contributed by atoms with Crippen molar-refractivity contribution in [3.8, 4) is 16.2 Å². The second-order valence-electron chi connectivity index (χ2n) is 19.0. The van der Waals surface area contributed by atoms with Crippen LogP contribution in [0.3, 0.4) is 0 Å². The van der Waals surface area contributed by atoms with Gasteiger partial charge in [0, 0.05) is 81.5 Å². The van der Waals surface area contributed by atoms with Crippen molar-refractivity contribution in [1.29, 1.82) is 0 Å². The Morgan fingerprint density at radius 2 is 1.64 bits per heavy atom. The number of amides is 4. The van der Waals surface area contributed by atoms with Crippen LogP contribution in [0.2, 0.25) is 0 Å². The predicted molar refractivity (Wildman–Crippen MR) is 271 cm³/mol. The largest absolute Gasteiger partial charge is 0.495 e. The Balaban J connectivity index is 0.841. The number of likely N-dealkylation sites (tertiary alicyclic amines) is 1. The van der Waals surface area contributed by atoms with Crippen molar-refractivity contribution in [2.75, 3.05) is 57.5 Å². The molecule has 5 aromatic rings. The van der Waals surface area contributed by atoms with Crippen LogP contribution in [0, 0.1) is 6.92 Å². The van der Waals surface area contributed by atoms with Gasteiger partial charge in [0.25, 0.3) is 11.8 Å². The van der Waals surface area contributed by atoms with Crippen molar-refractivity contribution in [3.05, 3.63) is 112 Å². The summed E-state index contributed by atoms with van der Waals surface area (Å²) in [5, 5.41) is 21.7. The minimum Gasteiger partial charge on any atom is -0.495 e. The third kappa shape index (κ3) is 12.5. The first-order valence-corrected chi connectivity index (χ1v) is 25.7. The summed E-state index contributed by atoms with van der Waals surface area (Å²) < 4.78 is 59.7. The fraction of sp³-hybridized carbons (Fsp3) is 0.431. The van der Waals surface area contributed by atoms with Crippen molar-refractivity contribution in [2.45, 2.75) is 93.7 Å². The van der Waals surface area contributed by atoms with E-state index in [-0.39, 0.29) is 50.0 Å². The number of halogens is 4. The molecule has 22 heteroatoms. The number of aryl methyl sites for hydroxylation is 1. The molecule has 73 heavy (non-hydrogen) atoms. The number of hydrogen-bond acceptors (Lipinski definition) is 14. The highest BCUT2D eigenvalue weighted by atomic mass is 32.2. The van der Waals surface area contributed by atoms with E-state index in [0.29, 0.717) is 55.9 Å². The van der Waals surface area contributed by atoms with Gasteiger partial charge in [0.1, 0.15) is 29.2 Å². The van der Waals surface area contributed by atoms with Crippen LogP contribution >= 0.6 is 23.1 Å². The number of carbonyl (C=O) groups excluding carboxylic acids is 4. The number of alkyl halides is 4. The number of carbonyl (C=O) groups is 4. The molecule has 0 unspecified atom stereocenters. The number of anilines is 3. The molecule has 4 amide bonds. The van der Waals surface area contributed by atoms with Gasteiger partial charge < -0.3 is 40.9 Å². The molecule has 3 aromatic carbocycles. The van der Waals surface area contributed by atoms with Crippen molar-refractivity contribution in [2.24, 2.45) is 0 Å². The number of hydrogen-bond donors (Lipinski definition) is 5. The standard InChI is InChI=1S/C51H58F4N10O6S2/c1-30-41(72-29-59-30)34-12-10-31(11-13-34)24-57-44(67)39-23-36(66)27-65(39)46(69)42(61-47(70)50(52)16-17-50)49(2,3)73-28-33-8-6-32(7-9-33)26-63-18-20-64(21-19-63)45(68)35-14-15-38(40(22-35)71-5)60-48-58-25-37(51(53,54)55)43(56-4)62-48/h6-15,22,25,29,36,39,42,66H,16-21,23-24,26-28H2,1-5H3,(H,57,67)(H,61,70)(H2,56,58,60,62)/t36-,39-,42-/m1/s1. The molecular formula is C51H58F4N10O6S2. The summed E-state index contributed by atoms with van der Waals surface area (Å²) in [6.07, 6.45) is -4.78. The fourth-order valence-electron chi connectivity index (χ4n) is 8.79. The molecule has 3 aliphatic rings. The van der Waals surface area contributed by atoms with Crippen LogP contribution in [0.4, 0.5) is 35.0 Å². The summed E-state index contributed by atoms with van der Waals surface area (Å²) in [5.74, 6) is -1.83. The molecule has 3 fully saturated rings. The number of aliphatic hydroxyl groups is 1. The summed E-state index contributed by atoms with van der Waals surface area (Å²) in [7, 11) is 2.75. The minimum absolute atomic E-state index is 0.0152. The maximum Gasteiger partial charge on any atom is 0.421 e. The Morgan fingerprint density at radius 3 is 2.27 bits per heavy atom. The third-order valence-electron chi connectivity index (χ3n) is 13.3. The third-order valence-corrected chi connectivity index (χ3v) is 15.8. The van der Waals surface area contributed by atoms with Crippen molar-refractivity contribution in [3.63, 3.8) is 0 Å². The number of ether oxygens (including phenoxy) is 1. The van der Waals surface area contributed by atoms with E-state index in [9.17, 15) is 37.5 Å². The van der Waals surface area contributed by atoms with Crippen LogP contribution in [0.25, 0.3) is 10.4 Å². The number of nitrogens with one attached hydrogen (secondary N) is 4. The Kier molecular flexibility index (Phi) is 16.0. The van der Waals surface area contributed by atoms with E-state index in [1.165, 1.54) is 30.8 Å². The van der Waals surface area contributed by atoms with Gasteiger partial charge in [-0.2, -0.15) is 18.2 Å². The van der Waals surface area contributed by atoms with Gasteiger partial charge in [-0.3, -0.25) is 24.1 Å². The number of thioether (sulfide) groups is 1. The molecule has 0 bridgehead atoms. The van der Waals surface area contributed by atoms with E-state index < -0.39 is 63.9 Å². The second kappa shape index (κ2) is 22.0. The number of aromatic nitrogens is 3. The number of piperazine rings is 1. The Bertz CT molecular complexity index is 2800. The van der Waals surface area contributed by atoms with E-state index in [0.717, 1.165) is 32.8 Å². The van der Waals surface area contributed by atoms with E-state index >= 15 is 4.39 Å². The van der Waals surface area contributed by atoms with Gasteiger partial charge in [0.05, 0.1) is 35.0 Å². The smallest absolute Gasteiger partial charge is 0.421 e. The summed E-state index contributed by atoms with van der Waals surface area (Å²) in [5.41, 5.74) is 4.28. The highest BCUT2D eigenvalue weighted by molar-refractivity contribution is 7.99. The quantitative estimate of drug-likeness (QED) is 0.0567. The molecule has 8 rings (SSSR count). The number of thiazole rings is 1. The van der Waals surface area contributed by atoms with Gasteiger partial charge in [-0.25, -0.2) is 14.4 Å². The summed E-state index contributed by atoms with van der Waals surface area (Å²) >= 11 is 2.96. The molecule has 0 spiro atoms. The predicted octanol–water partition coefficient (Wildman–Crippen LogP) is 6.96. The van der Waals surface area contributed by atoms with Crippen LogP contribution in [-0.4, -0.2) is 134 Å².